The number of nitrogens with zero attached hydrogens (tertiary/aromatic N) is 1. The molecule has 0 saturated carbocycles. The van der Waals surface area contributed by atoms with E-state index < -0.39 is 0 Å². The van der Waals surface area contributed by atoms with Crippen LogP contribution >= 0.6 is 0 Å². The molecule has 60 valence electrons. The van der Waals surface area contributed by atoms with Gasteiger partial charge in [0.2, 0.25) is 0 Å². The minimum atomic E-state index is 0.694. The molecule has 0 aliphatic carbocycles. The van der Waals surface area contributed by atoms with Crippen molar-refractivity contribution in [3.8, 4) is 0 Å². The molecule has 2 nitrogen and oxygen atoms in total. The quantitative estimate of drug-likeness (QED) is 0.589. The molecule has 1 saturated heterocycles. The molecule has 2 atom stereocenters. The zero-order valence-corrected chi connectivity index (χ0v) is 7.39. The normalized spacial score (nSPS) is 35.7. The molecule has 0 aromatic rings. The van der Waals surface area contributed by atoms with Gasteiger partial charge in [-0.1, -0.05) is 13.8 Å². The zero-order valence-electron chi connectivity index (χ0n) is 7.39. The van der Waals surface area contributed by atoms with Crippen molar-refractivity contribution in [2.75, 3.05) is 13.6 Å². The molecular formula is C8H18N2. The van der Waals surface area contributed by atoms with Gasteiger partial charge in [0.1, 0.15) is 0 Å². The van der Waals surface area contributed by atoms with Crippen molar-refractivity contribution in [3.05, 3.63) is 0 Å². The van der Waals surface area contributed by atoms with Crippen molar-refractivity contribution in [2.45, 2.75) is 26.8 Å². The lowest BCUT2D eigenvalue weighted by Gasteiger charge is -2.21. The minimum absolute atomic E-state index is 0.694. The molecule has 2 heteroatoms. The smallest absolute Gasteiger partial charge is 0.0255 e. The van der Waals surface area contributed by atoms with Crippen LogP contribution in [0, 0.1) is 11.8 Å². The Morgan fingerprint density at radius 3 is 2.30 bits per heavy atom. The maximum atomic E-state index is 3.33. The maximum absolute atomic E-state index is 3.33. The van der Waals surface area contributed by atoms with Gasteiger partial charge in [0.15, 0.2) is 0 Å². The first-order valence-electron chi connectivity index (χ1n) is 4.09. The van der Waals surface area contributed by atoms with Crippen LogP contribution in [-0.4, -0.2) is 24.6 Å². The highest BCUT2D eigenvalue weighted by Gasteiger charge is 2.29. The molecule has 2 unspecified atom stereocenters. The lowest BCUT2D eigenvalue weighted by Crippen LogP contribution is -2.32. The van der Waals surface area contributed by atoms with Crippen LogP contribution in [0.1, 0.15) is 20.8 Å². The van der Waals surface area contributed by atoms with E-state index in [-0.39, 0.29) is 0 Å². The number of hydrogen-bond donors (Lipinski definition) is 1. The fourth-order valence-corrected chi connectivity index (χ4v) is 1.64. The molecular weight excluding hydrogens is 124 g/mol. The van der Waals surface area contributed by atoms with Crippen LogP contribution in [-0.2, 0) is 0 Å². The van der Waals surface area contributed by atoms with Gasteiger partial charge in [-0.15, -0.1) is 0 Å². The van der Waals surface area contributed by atoms with E-state index in [4.69, 9.17) is 0 Å². The first kappa shape index (κ1) is 8.02. The lowest BCUT2D eigenvalue weighted by molar-refractivity contribution is 0.218. The molecule has 1 heterocycles. The SMILES string of the molecule is CC(C)C1CNN(C)C1C. The third kappa shape index (κ3) is 1.32. The Kier molecular flexibility index (Phi) is 2.32. The van der Waals surface area contributed by atoms with E-state index in [1.54, 1.807) is 0 Å². The van der Waals surface area contributed by atoms with Gasteiger partial charge in [0.25, 0.3) is 0 Å². The molecule has 10 heavy (non-hydrogen) atoms. The van der Waals surface area contributed by atoms with Crippen LogP contribution in [0.3, 0.4) is 0 Å². The van der Waals surface area contributed by atoms with E-state index in [1.807, 2.05) is 0 Å². The molecule has 1 aliphatic rings. The van der Waals surface area contributed by atoms with E-state index in [1.165, 1.54) is 0 Å². The fraction of sp³-hybridized carbons (Fsp3) is 1.00. The fourth-order valence-electron chi connectivity index (χ4n) is 1.64. The first-order chi connectivity index (χ1) is 4.63. The van der Waals surface area contributed by atoms with Crippen LogP contribution < -0.4 is 5.43 Å². The highest BCUT2D eigenvalue weighted by molar-refractivity contribution is 4.81. The summed E-state index contributed by atoms with van der Waals surface area (Å²) in [6, 6.07) is 0.694. The topological polar surface area (TPSA) is 15.3 Å². The second-order valence-electron chi connectivity index (χ2n) is 3.62. The molecule has 0 bridgehead atoms. The third-order valence-electron chi connectivity index (χ3n) is 2.66. The molecule has 1 aliphatic heterocycles. The van der Waals surface area contributed by atoms with Crippen LogP contribution in [0.2, 0.25) is 0 Å². The number of nitrogens with one attached hydrogen (secondary N) is 1. The molecule has 0 aromatic heterocycles. The Hall–Kier alpha value is -0.0800. The number of rotatable bonds is 1. The number of hydrazine groups is 1. The monoisotopic (exact) mass is 142 g/mol. The largest absolute Gasteiger partial charge is 0.255 e. The van der Waals surface area contributed by atoms with Gasteiger partial charge >= 0.3 is 0 Å². The van der Waals surface area contributed by atoms with Gasteiger partial charge in [-0.25, -0.2) is 5.01 Å². The Morgan fingerprint density at radius 1 is 1.50 bits per heavy atom. The van der Waals surface area contributed by atoms with Gasteiger partial charge in [-0.05, 0) is 18.8 Å². The van der Waals surface area contributed by atoms with Crippen LogP contribution in [0.15, 0.2) is 0 Å². The highest BCUT2D eigenvalue weighted by atomic mass is 15.5. The number of hydrogen-bond acceptors (Lipinski definition) is 2. The van der Waals surface area contributed by atoms with Crippen LogP contribution in [0.5, 0.6) is 0 Å². The molecule has 1 rings (SSSR count). The first-order valence-corrected chi connectivity index (χ1v) is 4.09. The minimum Gasteiger partial charge on any atom is -0.255 e. The van der Waals surface area contributed by atoms with Crippen molar-refractivity contribution in [2.24, 2.45) is 11.8 Å². The summed E-state index contributed by atoms with van der Waals surface area (Å²) >= 11 is 0. The summed E-state index contributed by atoms with van der Waals surface area (Å²) in [7, 11) is 2.12. The molecule has 0 amide bonds. The van der Waals surface area contributed by atoms with E-state index in [9.17, 15) is 0 Å². The summed E-state index contributed by atoms with van der Waals surface area (Å²) in [6.07, 6.45) is 0. The van der Waals surface area contributed by atoms with Crippen molar-refractivity contribution in [1.82, 2.24) is 10.4 Å². The van der Waals surface area contributed by atoms with Crippen LogP contribution in [0.25, 0.3) is 0 Å². The van der Waals surface area contributed by atoms with Gasteiger partial charge in [-0.3, -0.25) is 5.43 Å². The lowest BCUT2D eigenvalue weighted by atomic mass is 9.91. The average Bonchev–Trinajstić information content (AvgIpc) is 2.14. The Balaban J connectivity index is 2.49. The summed E-state index contributed by atoms with van der Waals surface area (Å²) in [5.41, 5.74) is 3.33. The molecule has 1 N–H and O–H groups in total. The predicted octanol–water partition coefficient (Wildman–Crippen LogP) is 1.10. The van der Waals surface area contributed by atoms with E-state index in [0.29, 0.717) is 6.04 Å². The predicted molar refractivity (Wildman–Crippen MR) is 43.6 cm³/mol. The zero-order chi connectivity index (χ0) is 7.72. The summed E-state index contributed by atoms with van der Waals surface area (Å²) in [6.45, 7) is 8.02. The highest BCUT2D eigenvalue weighted by Crippen LogP contribution is 2.21. The summed E-state index contributed by atoms with van der Waals surface area (Å²) in [5, 5.41) is 2.21. The van der Waals surface area contributed by atoms with Crippen molar-refractivity contribution in [3.63, 3.8) is 0 Å². The van der Waals surface area contributed by atoms with Gasteiger partial charge in [-0.2, -0.15) is 0 Å². The van der Waals surface area contributed by atoms with E-state index >= 15 is 0 Å². The van der Waals surface area contributed by atoms with E-state index in [2.05, 4.69) is 38.3 Å². The van der Waals surface area contributed by atoms with E-state index in [0.717, 1.165) is 18.4 Å². The summed E-state index contributed by atoms with van der Waals surface area (Å²) < 4.78 is 0. The maximum Gasteiger partial charge on any atom is 0.0255 e. The Morgan fingerprint density at radius 2 is 2.10 bits per heavy atom. The standard InChI is InChI=1S/C8H18N2/c1-6(2)8-5-9-10(4)7(8)3/h6-9H,5H2,1-4H3. The molecule has 1 fully saturated rings. The average molecular weight is 142 g/mol. The second-order valence-corrected chi connectivity index (χ2v) is 3.62. The molecule has 0 aromatic carbocycles. The van der Waals surface area contributed by atoms with Crippen molar-refractivity contribution >= 4 is 0 Å². The Labute approximate surface area is 63.6 Å². The third-order valence-corrected chi connectivity index (χ3v) is 2.66. The van der Waals surface area contributed by atoms with Gasteiger partial charge < -0.3 is 0 Å². The van der Waals surface area contributed by atoms with Crippen molar-refractivity contribution < 1.29 is 0 Å². The second kappa shape index (κ2) is 2.89. The van der Waals surface area contributed by atoms with Crippen molar-refractivity contribution in [1.29, 1.82) is 0 Å². The summed E-state index contributed by atoms with van der Waals surface area (Å²) in [4.78, 5) is 0. The van der Waals surface area contributed by atoms with Gasteiger partial charge in [0, 0.05) is 19.6 Å². The van der Waals surface area contributed by atoms with Crippen LogP contribution in [0.4, 0.5) is 0 Å². The summed E-state index contributed by atoms with van der Waals surface area (Å²) in [5.74, 6) is 1.62. The Bertz CT molecular complexity index is 112. The molecule has 0 radical (unpaired) electrons. The van der Waals surface area contributed by atoms with Gasteiger partial charge in [0.05, 0.1) is 0 Å². The molecule has 0 spiro atoms.